The summed E-state index contributed by atoms with van der Waals surface area (Å²) in [5.74, 6) is -2.10. The van der Waals surface area contributed by atoms with Crippen LogP contribution in [0.25, 0.3) is 0 Å². The molecule has 10 heteroatoms. The van der Waals surface area contributed by atoms with Crippen LogP contribution in [0.4, 0.5) is 0 Å². The van der Waals surface area contributed by atoms with Crippen molar-refractivity contribution in [1.82, 2.24) is 0 Å². The van der Waals surface area contributed by atoms with Crippen LogP contribution in [0.15, 0.2) is 0 Å². The van der Waals surface area contributed by atoms with Crippen LogP contribution in [-0.4, -0.2) is 104 Å². The average molecular weight is 326 g/mol. The van der Waals surface area contributed by atoms with E-state index in [-0.39, 0.29) is 6.42 Å². The summed E-state index contributed by atoms with van der Waals surface area (Å²) in [5, 5.41) is 66.9. The molecule has 0 saturated carbocycles. The minimum atomic E-state index is -2.10. The molecule has 2 aliphatic rings. The highest BCUT2D eigenvalue weighted by molar-refractivity contribution is 4.97. The second kappa shape index (κ2) is 7.01. The monoisotopic (exact) mass is 326 g/mol. The SMILES string of the molecule is OC[C@H]1O[C@@](CO)(O[C@H]2O[C@H](CO)[C@@H](O)C[C@H]2O)[C@@H](O)[C@@H]1O. The summed E-state index contributed by atoms with van der Waals surface area (Å²) in [6.07, 6.45) is -9.35. The molecule has 2 saturated heterocycles. The zero-order valence-corrected chi connectivity index (χ0v) is 11.7. The molecular formula is C12H22O10. The van der Waals surface area contributed by atoms with Gasteiger partial charge in [0.25, 0.3) is 0 Å². The van der Waals surface area contributed by atoms with Crippen molar-refractivity contribution in [3.8, 4) is 0 Å². The van der Waals surface area contributed by atoms with Gasteiger partial charge >= 0.3 is 0 Å². The van der Waals surface area contributed by atoms with Gasteiger partial charge in [-0.3, -0.25) is 0 Å². The predicted octanol–water partition coefficient (Wildman–Crippen LogP) is -4.37. The first-order chi connectivity index (χ1) is 10.4. The predicted molar refractivity (Wildman–Crippen MR) is 67.3 cm³/mol. The molecular weight excluding hydrogens is 304 g/mol. The standard InChI is InChI=1S/C12H22O10/c13-2-7-5(16)1-6(17)11(20-7)22-12(4-15)10(19)9(18)8(3-14)21-12/h5-11,13-19H,1-4H2/t5-,6+,7+,8+,9+,10-,11+,12-/m0/s1. The summed E-state index contributed by atoms with van der Waals surface area (Å²) in [4.78, 5) is 0. The molecule has 0 spiro atoms. The Morgan fingerprint density at radius 3 is 2.09 bits per heavy atom. The lowest BCUT2D eigenvalue weighted by Crippen LogP contribution is -2.57. The molecule has 0 bridgehead atoms. The van der Waals surface area contributed by atoms with Crippen LogP contribution in [0.1, 0.15) is 6.42 Å². The van der Waals surface area contributed by atoms with Crippen LogP contribution >= 0.6 is 0 Å². The van der Waals surface area contributed by atoms with Crippen molar-refractivity contribution in [3.05, 3.63) is 0 Å². The van der Waals surface area contributed by atoms with Crippen LogP contribution in [-0.2, 0) is 14.2 Å². The van der Waals surface area contributed by atoms with Gasteiger partial charge < -0.3 is 50.0 Å². The minimum absolute atomic E-state index is 0.153. The van der Waals surface area contributed by atoms with Crippen molar-refractivity contribution in [2.75, 3.05) is 19.8 Å². The first kappa shape index (κ1) is 17.9. The Labute approximate surface area is 126 Å². The van der Waals surface area contributed by atoms with E-state index in [1.807, 2.05) is 0 Å². The van der Waals surface area contributed by atoms with Crippen molar-refractivity contribution in [1.29, 1.82) is 0 Å². The van der Waals surface area contributed by atoms with E-state index < -0.39 is 68.5 Å². The van der Waals surface area contributed by atoms with Gasteiger partial charge in [-0.05, 0) is 0 Å². The van der Waals surface area contributed by atoms with E-state index in [1.54, 1.807) is 0 Å². The van der Waals surface area contributed by atoms with Crippen LogP contribution < -0.4 is 0 Å². The smallest absolute Gasteiger partial charge is 0.224 e. The lowest BCUT2D eigenvalue weighted by molar-refractivity contribution is -0.372. The molecule has 22 heavy (non-hydrogen) atoms. The lowest BCUT2D eigenvalue weighted by atomic mass is 10.0. The van der Waals surface area contributed by atoms with Crippen molar-refractivity contribution >= 4 is 0 Å². The Morgan fingerprint density at radius 1 is 0.955 bits per heavy atom. The lowest BCUT2D eigenvalue weighted by Gasteiger charge is -2.41. The molecule has 2 aliphatic heterocycles. The fourth-order valence-electron chi connectivity index (χ4n) is 2.60. The van der Waals surface area contributed by atoms with E-state index in [0.717, 1.165) is 0 Å². The third-order valence-electron chi connectivity index (χ3n) is 3.94. The first-order valence-electron chi connectivity index (χ1n) is 6.94. The van der Waals surface area contributed by atoms with Gasteiger partial charge in [-0.15, -0.1) is 0 Å². The van der Waals surface area contributed by atoms with Crippen molar-refractivity contribution in [2.45, 2.75) is 55.1 Å². The average Bonchev–Trinajstić information content (AvgIpc) is 2.75. The van der Waals surface area contributed by atoms with Crippen molar-refractivity contribution < 1.29 is 50.0 Å². The van der Waals surface area contributed by atoms with E-state index in [4.69, 9.17) is 24.4 Å². The third-order valence-corrected chi connectivity index (χ3v) is 3.94. The summed E-state index contributed by atoms with van der Waals surface area (Å²) in [6.45, 7) is -2.01. The highest BCUT2D eigenvalue weighted by Crippen LogP contribution is 2.35. The molecule has 0 aliphatic carbocycles. The van der Waals surface area contributed by atoms with Crippen molar-refractivity contribution in [3.63, 3.8) is 0 Å². The second-order valence-electron chi connectivity index (χ2n) is 5.46. The van der Waals surface area contributed by atoms with E-state index in [1.165, 1.54) is 0 Å². The molecule has 0 unspecified atom stereocenters. The van der Waals surface area contributed by atoms with Crippen LogP contribution in [0.3, 0.4) is 0 Å². The van der Waals surface area contributed by atoms with Crippen LogP contribution in [0, 0.1) is 0 Å². The van der Waals surface area contributed by atoms with Gasteiger partial charge in [0.2, 0.25) is 5.79 Å². The molecule has 0 aromatic heterocycles. The third kappa shape index (κ3) is 3.12. The van der Waals surface area contributed by atoms with E-state index in [9.17, 15) is 25.5 Å². The Balaban J connectivity index is 2.12. The number of ether oxygens (including phenoxy) is 3. The minimum Gasteiger partial charge on any atom is -0.394 e. The number of aliphatic hydroxyl groups is 7. The molecule has 0 aromatic rings. The number of hydrogen-bond acceptors (Lipinski definition) is 10. The maximum absolute atomic E-state index is 9.99. The van der Waals surface area contributed by atoms with Crippen LogP contribution in [0.2, 0.25) is 0 Å². The van der Waals surface area contributed by atoms with Gasteiger partial charge in [0.05, 0.1) is 19.3 Å². The van der Waals surface area contributed by atoms with Gasteiger partial charge in [0.1, 0.15) is 37.1 Å². The van der Waals surface area contributed by atoms with Gasteiger partial charge in [-0.25, -0.2) is 0 Å². The first-order valence-corrected chi connectivity index (χ1v) is 6.94. The van der Waals surface area contributed by atoms with E-state index in [0.29, 0.717) is 0 Å². The molecule has 2 fully saturated rings. The maximum atomic E-state index is 9.99. The molecule has 2 heterocycles. The van der Waals surface area contributed by atoms with Gasteiger partial charge in [0, 0.05) is 6.42 Å². The zero-order chi connectivity index (χ0) is 16.5. The number of rotatable bonds is 5. The highest BCUT2D eigenvalue weighted by atomic mass is 16.8. The summed E-state index contributed by atoms with van der Waals surface area (Å²) in [7, 11) is 0. The quantitative estimate of drug-likeness (QED) is 0.262. The molecule has 0 radical (unpaired) electrons. The fourth-order valence-corrected chi connectivity index (χ4v) is 2.60. The summed E-state index contributed by atoms with van der Waals surface area (Å²) in [6, 6.07) is 0. The van der Waals surface area contributed by atoms with Gasteiger partial charge in [-0.2, -0.15) is 0 Å². The highest BCUT2D eigenvalue weighted by Gasteiger charge is 2.57. The molecule has 7 N–H and O–H groups in total. The summed E-state index contributed by atoms with van der Waals surface area (Å²) >= 11 is 0. The molecule has 130 valence electrons. The second-order valence-corrected chi connectivity index (χ2v) is 5.46. The Bertz CT molecular complexity index is 368. The van der Waals surface area contributed by atoms with E-state index in [2.05, 4.69) is 0 Å². The largest absolute Gasteiger partial charge is 0.394 e. The Morgan fingerprint density at radius 2 is 1.59 bits per heavy atom. The molecule has 8 atom stereocenters. The summed E-state index contributed by atoms with van der Waals surface area (Å²) in [5.41, 5.74) is 0. The molecule has 0 aromatic carbocycles. The number of hydrogen-bond donors (Lipinski definition) is 7. The van der Waals surface area contributed by atoms with Gasteiger partial charge in [0.15, 0.2) is 6.29 Å². The fraction of sp³-hybridized carbons (Fsp3) is 1.00. The normalized spacial score (nSPS) is 49.5. The Kier molecular flexibility index (Phi) is 5.72. The maximum Gasteiger partial charge on any atom is 0.224 e. The molecule has 2 rings (SSSR count). The molecule has 10 nitrogen and oxygen atoms in total. The van der Waals surface area contributed by atoms with Gasteiger partial charge in [-0.1, -0.05) is 0 Å². The Hall–Kier alpha value is -0.400. The topological polar surface area (TPSA) is 169 Å². The zero-order valence-electron chi connectivity index (χ0n) is 11.7. The van der Waals surface area contributed by atoms with E-state index >= 15 is 0 Å². The van der Waals surface area contributed by atoms with Crippen LogP contribution in [0.5, 0.6) is 0 Å². The number of aliphatic hydroxyl groups excluding tert-OH is 7. The van der Waals surface area contributed by atoms with Crippen molar-refractivity contribution in [2.24, 2.45) is 0 Å². The molecule has 0 amide bonds. The summed E-state index contributed by atoms with van der Waals surface area (Å²) < 4.78 is 15.7.